The van der Waals surface area contributed by atoms with Crippen LogP contribution in [0.1, 0.15) is 39.0 Å². The summed E-state index contributed by atoms with van der Waals surface area (Å²) in [5.74, 6) is 0.771. The Bertz CT molecular complexity index is 960. The largest absolute Gasteiger partial charge is 0.433 e. The van der Waals surface area contributed by atoms with Gasteiger partial charge in [0, 0.05) is 12.1 Å². The van der Waals surface area contributed by atoms with E-state index in [1.807, 2.05) is 26.8 Å². The predicted molar refractivity (Wildman–Crippen MR) is 98.5 cm³/mol. The molecule has 9 nitrogen and oxygen atoms in total. The number of hydrogen-bond acceptors (Lipinski definition) is 8. The molecule has 2 aromatic rings. The van der Waals surface area contributed by atoms with Crippen LogP contribution in [0.25, 0.3) is 0 Å². The smallest absolute Gasteiger partial charge is 0.403 e. The molecule has 0 saturated carbocycles. The maximum absolute atomic E-state index is 13.0. The molecule has 10 heteroatoms. The monoisotopic (exact) mass is 389 g/mol. The summed E-state index contributed by atoms with van der Waals surface area (Å²) < 4.78 is 7.07. The normalized spacial score (nSPS) is 23.2. The molecular formula is C17H19N5O4S. The van der Waals surface area contributed by atoms with Crippen molar-refractivity contribution in [2.45, 2.75) is 38.4 Å². The summed E-state index contributed by atoms with van der Waals surface area (Å²) in [6.07, 6.45) is 2.41. The Morgan fingerprint density at radius 3 is 2.93 bits per heavy atom. The highest BCUT2D eigenvalue weighted by molar-refractivity contribution is 7.99. The van der Waals surface area contributed by atoms with E-state index >= 15 is 0 Å². The number of nitrogens with one attached hydrogen (secondary N) is 1. The third kappa shape index (κ3) is 3.03. The molecule has 0 unspecified atom stereocenters. The molecule has 1 N–H and O–H groups in total. The molecule has 1 aliphatic heterocycles. The van der Waals surface area contributed by atoms with Gasteiger partial charge in [-0.25, -0.2) is 4.68 Å². The average molecular weight is 389 g/mol. The number of hydrogen-bond donors (Lipinski definition) is 1. The van der Waals surface area contributed by atoms with Gasteiger partial charge in [0.15, 0.2) is 0 Å². The Balaban J connectivity index is 1.87. The van der Waals surface area contributed by atoms with Crippen LogP contribution in [0, 0.1) is 21.4 Å². The van der Waals surface area contributed by atoms with E-state index in [0.29, 0.717) is 23.3 Å². The Morgan fingerprint density at radius 1 is 1.48 bits per heavy atom. The van der Waals surface area contributed by atoms with Gasteiger partial charge in [0.1, 0.15) is 22.5 Å². The summed E-state index contributed by atoms with van der Waals surface area (Å²) >= 11 is 1.48. The minimum absolute atomic E-state index is 0.0416. The van der Waals surface area contributed by atoms with E-state index in [4.69, 9.17) is 4.42 Å². The molecule has 1 aliphatic carbocycles. The lowest BCUT2D eigenvalue weighted by atomic mass is 9.73. The number of thioether (sulfide) groups is 1. The van der Waals surface area contributed by atoms with Crippen molar-refractivity contribution in [2.24, 2.45) is 11.3 Å². The summed E-state index contributed by atoms with van der Waals surface area (Å²) in [6.45, 7) is 6.00. The van der Waals surface area contributed by atoms with E-state index in [-0.39, 0.29) is 17.1 Å². The highest BCUT2D eigenvalue weighted by Crippen LogP contribution is 2.46. The molecule has 0 radical (unpaired) electrons. The number of furan rings is 1. The fraction of sp³-hybridized carbons (Fsp3) is 0.471. The molecule has 0 aromatic carbocycles. The molecule has 2 aromatic heterocycles. The predicted octanol–water partition coefficient (Wildman–Crippen LogP) is 3.41. The van der Waals surface area contributed by atoms with Crippen molar-refractivity contribution < 1.29 is 14.1 Å². The summed E-state index contributed by atoms with van der Waals surface area (Å²) in [7, 11) is 0. The number of anilines is 1. The fourth-order valence-electron chi connectivity index (χ4n) is 3.68. The first-order valence-corrected chi connectivity index (χ1v) is 9.63. The molecule has 0 bridgehead atoms. The summed E-state index contributed by atoms with van der Waals surface area (Å²) in [5.41, 5.74) is 0.465. The van der Waals surface area contributed by atoms with E-state index in [1.165, 1.54) is 23.9 Å². The van der Waals surface area contributed by atoms with Crippen molar-refractivity contribution in [3.63, 3.8) is 0 Å². The van der Waals surface area contributed by atoms with Crippen molar-refractivity contribution in [3.8, 4) is 0 Å². The van der Waals surface area contributed by atoms with Crippen molar-refractivity contribution in [1.82, 2.24) is 14.8 Å². The van der Waals surface area contributed by atoms with Crippen LogP contribution in [-0.2, 0) is 4.79 Å². The molecule has 4 rings (SSSR count). The van der Waals surface area contributed by atoms with Gasteiger partial charge in [0.2, 0.25) is 11.1 Å². The molecule has 142 valence electrons. The maximum atomic E-state index is 13.0. The van der Waals surface area contributed by atoms with Crippen molar-refractivity contribution in [2.75, 3.05) is 11.1 Å². The summed E-state index contributed by atoms with van der Waals surface area (Å²) in [5, 5.41) is 19.4. The van der Waals surface area contributed by atoms with Gasteiger partial charge >= 0.3 is 5.88 Å². The van der Waals surface area contributed by atoms with E-state index in [1.54, 1.807) is 4.68 Å². The second-order valence-electron chi connectivity index (χ2n) is 7.31. The lowest BCUT2D eigenvalue weighted by Gasteiger charge is -2.39. The SMILES string of the molecule is CCSc1nc2n(n1)[C@@H](c1ccc([N+](=O)[O-])o1)[C@@H]1C(=O)CC(C)(C)C=C1N2. The van der Waals surface area contributed by atoms with Crippen molar-refractivity contribution in [1.29, 1.82) is 0 Å². The number of rotatable bonds is 4. The van der Waals surface area contributed by atoms with E-state index < -0.39 is 16.9 Å². The number of nitrogens with zero attached hydrogens (tertiary/aromatic N) is 4. The molecule has 0 fully saturated rings. The lowest BCUT2D eigenvalue weighted by molar-refractivity contribution is -0.402. The average Bonchev–Trinajstić information content (AvgIpc) is 3.18. The fourth-order valence-corrected chi connectivity index (χ4v) is 4.24. The van der Waals surface area contributed by atoms with Crippen molar-refractivity contribution >= 4 is 29.4 Å². The first kappa shape index (κ1) is 17.8. The van der Waals surface area contributed by atoms with Crippen LogP contribution in [0.4, 0.5) is 11.8 Å². The van der Waals surface area contributed by atoms with Crippen LogP contribution in [0.2, 0.25) is 0 Å². The quantitative estimate of drug-likeness (QED) is 0.480. The van der Waals surface area contributed by atoms with Gasteiger partial charge in [-0.1, -0.05) is 38.6 Å². The number of carbonyl (C=O) groups is 1. The highest BCUT2D eigenvalue weighted by Gasteiger charge is 2.46. The molecule has 0 saturated heterocycles. The lowest BCUT2D eigenvalue weighted by Crippen LogP contribution is -2.41. The second-order valence-corrected chi connectivity index (χ2v) is 8.54. The van der Waals surface area contributed by atoms with E-state index in [9.17, 15) is 14.9 Å². The van der Waals surface area contributed by atoms with Gasteiger partial charge in [-0.3, -0.25) is 14.9 Å². The van der Waals surface area contributed by atoms with Gasteiger partial charge in [0.25, 0.3) is 0 Å². The second kappa shape index (κ2) is 6.22. The Morgan fingerprint density at radius 2 is 2.26 bits per heavy atom. The van der Waals surface area contributed by atoms with Crippen LogP contribution in [0.5, 0.6) is 0 Å². The van der Waals surface area contributed by atoms with Gasteiger partial charge in [-0.2, -0.15) is 4.98 Å². The Kier molecular flexibility index (Phi) is 4.10. The Labute approximate surface area is 159 Å². The molecule has 27 heavy (non-hydrogen) atoms. The zero-order valence-electron chi connectivity index (χ0n) is 15.1. The van der Waals surface area contributed by atoms with Gasteiger partial charge in [-0.15, -0.1) is 5.10 Å². The molecule has 0 amide bonds. The number of aromatic nitrogens is 3. The molecule has 0 spiro atoms. The topological polar surface area (TPSA) is 116 Å². The number of carbonyl (C=O) groups excluding carboxylic acids is 1. The zero-order chi connectivity index (χ0) is 19.3. The number of fused-ring (bicyclic) bond motifs is 2. The van der Waals surface area contributed by atoms with Crippen LogP contribution in [-0.4, -0.2) is 31.2 Å². The zero-order valence-corrected chi connectivity index (χ0v) is 15.9. The summed E-state index contributed by atoms with van der Waals surface area (Å²) in [4.78, 5) is 27.9. The minimum atomic E-state index is -0.608. The number of ketones is 1. The molecule has 2 aliphatic rings. The third-order valence-electron chi connectivity index (χ3n) is 4.66. The standard InChI is InChI=1S/C17H19N5O4S/c1-4-27-16-19-15-18-9-7-17(2,3)8-10(23)13(9)14(21(15)20-16)11-5-6-12(26-11)22(24)25/h5-7,13-14H,4,8H2,1-3H3,(H,18,19,20)/t13-,14-/m0/s1. The molecule has 3 heterocycles. The van der Waals surface area contributed by atoms with Crippen LogP contribution in [0.15, 0.2) is 33.5 Å². The molecule has 2 atom stereocenters. The van der Waals surface area contributed by atoms with Crippen LogP contribution in [0.3, 0.4) is 0 Å². The molecular weight excluding hydrogens is 370 g/mol. The van der Waals surface area contributed by atoms with E-state index in [0.717, 1.165) is 11.4 Å². The van der Waals surface area contributed by atoms with Crippen molar-refractivity contribution in [3.05, 3.63) is 39.8 Å². The van der Waals surface area contributed by atoms with Crippen LogP contribution >= 0.6 is 11.8 Å². The Hall–Kier alpha value is -2.62. The maximum Gasteiger partial charge on any atom is 0.433 e. The first-order valence-electron chi connectivity index (χ1n) is 8.65. The van der Waals surface area contributed by atoms with E-state index in [2.05, 4.69) is 15.4 Å². The van der Waals surface area contributed by atoms with Crippen LogP contribution < -0.4 is 5.32 Å². The number of allylic oxidation sites excluding steroid dienone is 2. The highest BCUT2D eigenvalue weighted by atomic mass is 32.2. The van der Waals surface area contributed by atoms with Gasteiger partial charge < -0.3 is 9.73 Å². The van der Waals surface area contributed by atoms with Gasteiger partial charge in [0.05, 0.1) is 12.0 Å². The number of nitro groups is 1. The van der Waals surface area contributed by atoms with Gasteiger partial charge in [-0.05, 0) is 17.2 Å². The summed E-state index contributed by atoms with van der Waals surface area (Å²) in [6, 6.07) is 2.23. The third-order valence-corrected chi connectivity index (χ3v) is 5.38. The first-order chi connectivity index (χ1) is 12.8. The number of Topliss-reactive ketones (excluding diaryl/α,β-unsaturated/α-hetero) is 1. The minimum Gasteiger partial charge on any atom is -0.403 e.